The van der Waals surface area contributed by atoms with Gasteiger partial charge in [-0.2, -0.15) is 23.5 Å². The minimum atomic E-state index is 0.161. The van der Waals surface area contributed by atoms with E-state index in [4.69, 9.17) is 5.84 Å². The van der Waals surface area contributed by atoms with Crippen LogP contribution in [0.1, 0.15) is 25.2 Å². The van der Waals surface area contributed by atoms with Crippen LogP contribution in [0.15, 0.2) is 12.4 Å². The maximum absolute atomic E-state index is 5.73. The van der Waals surface area contributed by atoms with Gasteiger partial charge < -0.3 is 4.57 Å². The molecule has 2 rings (SSSR count). The SMILES string of the molecule is CCCn1ccnc1C(NN)C1CSCCS1. The average Bonchev–Trinajstić information content (AvgIpc) is 2.81. The number of rotatable bonds is 5. The van der Waals surface area contributed by atoms with E-state index in [0.717, 1.165) is 24.5 Å². The lowest BCUT2D eigenvalue weighted by atomic mass is 10.2. The standard InChI is InChI=1S/C11H20N4S2/c1-2-4-15-5-3-13-11(15)10(14-12)9-8-16-6-7-17-9/h3,5,9-10,14H,2,4,6-8,12H2,1H3. The Kier molecular flexibility index (Phi) is 5.21. The van der Waals surface area contributed by atoms with Gasteiger partial charge in [-0.15, -0.1) is 0 Å². The Morgan fingerprint density at radius 1 is 1.65 bits per heavy atom. The van der Waals surface area contributed by atoms with Gasteiger partial charge in [-0.1, -0.05) is 6.92 Å². The Balaban J connectivity index is 2.12. The minimum Gasteiger partial charge on any atom is -0.334 e. The van der Waals surface area contributed by atoms with Gasteiger partial charge in [-0.05, 0) is 6.42 Å². The fraction of sp³-hybridized carbons (Fsp3) is 0.727. The molecule has 1 saturated heterocycles. The molecule has 1 fully saturated rings. The molecule has 0 aromatic carbocycles. The van der Waals surface area contributed by atoms with E-state index in [1.165, 1.54) is 11.5 Å². The lowest BCUT2D eigenvalue weighted by Gasteiger charge is -2.28. The Morgan fingerprint density at radius 3 is 3.18 bits per heavy atom. The molecule has 0 radical (unpaired) electrons. The summed E-state index contributed by atoms with van der Waals surface area (Å²) in [6.07, 6.45) is 5.03. The first-order valence-corrected chi connectivity index (χ1v) is 8.23. The zero-order valence-corrected chi connectivity index (χ0v) is 11.8. The normalized spacial score (nSPS) is 22.6. The average molecular weight is 272 g/mol. The molecule has 17 heavy (non-hydrogen) atoms. The number of nitrogens with two attached hydrogens (primary N) is 1. The smallest absolute Gasteiger partial charge is 0.128 e. The molecular weight excluding hydrogens is 252 g/mol. The van der Waals surface area contributed by atoms with Gasteiger partial charge >= 0.3 is 0 Å². The number of aryl methyl sites for hydroxylation is 1. The van der Waals surface area contributed by atoms with E-state index in [1.807, 2.05) is 35.9 Å². The highest BCUT2D eigenvalue weighted by atomic mass is 32.2. The van der Waals surface area contributed by atoms with Gasteiger partial charge in [0, 0.05) is 41.4 Å². The lowest BCUT2D eigenvalue weighted by Crippen LogP contribution is -2.39. The third-order valence-electron chi connectivity index (χ3n) is 2.88. The first-order chi connectivity index (χ1) is 8.36. The molecule has 1 aliphatic heterocycles. The summed E-state index contributed by atoms with van der Waals surface area (Å²) in [5.41, 5.74) is 2.96. The molecule has 1 aromatic rings. The van der Waals surface area contributed by atoms with Crippen LogP contribution in [0.25, 0.3) is 0 Å². The molecule has 2 atom stereocenters. The van der Waals surface area contributed by atoms with Crippen LogP contribution >= 0.6 is 23.5 Å². The molecule has 0 spiro atoms. The number of hydrogen-bond acceptors (Lipinski definition) is 5. The van der Waals surface area contributed by atoms with Crippen molar-refractivity contribution in [2.45, 2.75) is 31.2 Å². The van der Waals surface area contributed by atoms with Crippen LogP contribution < -0.4 is 11.3 Å². The van der Waals surface area contributed by atoms with Crippen molar-refractivity contribution in [3.63, 3.8) is 0 Å². The molecule has 0 aliphatic carbocycles. The van der Waals surface area contributed by atoms with Gasteiger partial charge in [0.1, 0.15) is 5.82 Å². The first-order valence-electron chi connectivity index (χ1n) is 6.03. The third-order valence-corrected chi connectivity index (χ3v) is 5.75. The summed E-state index contributed by atoms with van der Waals surface area (Å²) in [6.45, 7) is 3.19. The minimum absolute atomic E-state index is 0.161. The van der Waals surface area contributed by atoms with Crippen LogP contribution in [0.5, 0.6) is 0 Å². The van der Waals surface area contributed by atoms with Crippen LogP contribution in [-0.2, 0) is 6.54 Å². The number of imidazole rings is 1. The number of thioether (sulfide) groups is 2. The topological polar surface area (TPSA) is 55.9 Å². The summed E-state index contributed by atoms with van der Waals surface area (Å²) in [5, 5.41) is 0.525. The van der Waals surface area contributed by atoms with Gasteiger partial charge in [-0.3, -0.25) is 5.84 Å². The second kappa shape index (κ2) is 6.68. The van der Waals surface area contributed by atoms with E-state index in [0.29, 0.717) is 5.25 Å². The van der Waals surface area contributed by atoms with Gasteiger partial charge in [0.25, 0.3) is 0 Å². The number of aromatic nitrogens is 2. The Hall–Kier alpha value is -0.170. The molecule has 1 aliphatic rings. The number of hydrazine groups is 1. The van der Waals surface area contributed by atoms with Gasteiger partial charge in [-0.25, -0.2) is 10.4 Å². The Bertz CT molecular complexity index is 336. The second-order valence-corrected chi connectivity index (χ2v) is 6.60. The van der Waals surface area contributed by atoms with E-state index >= 15 is 0 Å². The number of hydrogen-bond donors (Lipinski definition) is 2. The molecule has 96 valence electrons. The number of nitrogens with one attached hydrogen (secondary N) is 1. The molecule has 6 heteroatoms. The molecule has 2 unspecified atom stereocenters. The zero-order valence-electron chi connectivity index (χ0n) is 10.1. The highest BCUT2D eigenvalue weighted by Gasteiger charge is 2.28. The summed E-state index contributed by atoms with van der Waals surface area (Å²) in [7, 11) is 0. The van der Waals surface area contributed by atoms with E-state index in [9.17, 15) is 0 Å². The first kappa shape index (κ1) is 13.3. The monoisotopic (exact) mass is 272 g/mol. The van der Waals surface area contributed by atoms with Gasteiger partial charge in [0.2, 0.25) is 0 Å². The van der Waals surface area contributed by atoms with Crippen molar-refractivity contribution in [2.24, 2.45) is 5.84 Å². The van der Waals surface area contributed by atoms with E-state index < -0.39 is 0 Å². The van der Waals surface area contributed by atoms with Crippen LogP contribution in [0.3, 0.4) is 0 Å². The van der Waals surface area contributed by atoms with E-state index in [-0.39, 0.29) is 6.04 Å². The van der Waals surface area contributed by atoms with Crippen LogP contribution in [0, 0.1) is 0 Å². The summed E-state index contributed by atoms with van der Waals surface area (Å²) < 4.78 is 2.21. The van der Waals surface area contributed by atoms with Crippen molar-refractivity contribution in [1.82, 2.24) is 15.0 Å². The fourth-order valence-corrected chi connectivity index (χ4v) is 4.89. The molecular formula is C11H20N4S2. The zero-order chi connectivity index (χ0) is 12.1. The quantitative estimate of drug-likeness (QED) is 0.630. The maximum Gasteiger partial charge on any atom is 0.128 e. The predicted octanol–water partition coefficient (Wildman–Crippen LogP) is 1.65. The molecule has 1 aromatic heterocycles. The largest absolute Gasteiger partial charge is 0.334 e. The number of nitrogens with zero attached hydrogens (tertiary/aromatic N) is 2. The van der Waals surface area contributed by atoms with E-state index in [2.05, 4.69) is 21.9 Å². The molecule has 0 bridgehead atoms. The highest BCUT2D eigenvalue weighted by Crippen LogP contribution is 2.32. The molecule has 0 amide bonds. The predicted molar refractivity (Wildman–Crippen MR) is 76.2 cm³/mol. The highest BCUT2D eigenvalue weighted by molar-refractivity contribution is 8.06. The fourth-order valence-electron chi connectivity index (χ4n) is 2.08. The second-order valence-electron chi connectivity index (χ2n) is 4.11. The summed E-state index contributed by atoms with van der Waals surface area (Å²) >= 11 is 4.01. The Labute approximate surface area is 111 Å². The Morgan fingerprint density at radius 2 is 2.53 bits per heavy atom. The summed E-state index contributed by atoms with van der Waals surface area (Å²) in [6, 6.07) is 0.161. The summed E-state index contributed by atoms with van der Waals surface area (Å²) in [4.78, 5) is 4.48. The van der Waals surface area contributed by atoms with Gasteiger partial charge in [0.05, 0.1) is 6.04 Å². The van der Waals surface area contributed by atoms with Crippen molar-refractivity contribution in [3.05, 3.63) is 18.2 Å². The third kappa shape index (κ3) is 3.19. The van der Waals surface area contributed by atoms with Crippen LogP contribution in [0.4, 0.5) is 0 Å². The maximum atomic E-state index is 5.73. The molecule has 4 nitrogen and oxygen atoms in total. The summed E-state index contributed by atoms with van der Waals surface area (Å²) in [5.74, 6) is 10.4. The lowest BCUT2D eigenvalue weighted by molar-refractivity contribution is 0.489. The molecule has 3 N–H and O–H groups in total. The van der Waals surface area contributed by atoms with Gasteiger partial charge in [0.15, 0.2) is 0 Å². The molecule has 0 saturated carbocycles. The van der Waals surface area contributed by atoms with Crippen molar-refractivity contribution < 1.29 is 0 Å². The van der Waals surface area contributed by atoms with Crippen molar-refractivity contribution in [3.8, 4) is 0 Å². The van der Waals surface area contributed by atoms with Crippen molar-refractivity contribution in [2.75, 3.05) is 17.3 Å². The van der Waals surface area contributed by atoms with E-state index in [1.54, 1.807) is 0 Å². The van der Waals surface area contributed by atoms with Crippen molar-refractivity contribution >= 4 is 23.5 Å². The van der Waals surface area contributed by atoms with Crippen LogP contribution in [-0.4, -0.2) is 32.1 Å². The molecule has 2 heterocycles. The van der Waals surface area contributed by atoms with Crippen LogP contribution in [0.2, 0.25) is 0 Å². The van der Waals surface area contributed by atoms with Crippen molar-refractivity contribution in [1.29, 1.82) is 0 Å².